The van der Waals surface area contributed by atoms with Crippen molar-refractivity contribution in [3.8, 4) is 5.75 Å². The maximum Gasteiger partial charge on any atom is 0.251 e. The summed E-state index contributed by atoms with van der Waals surface area (Å²) in [4.78, 5) is 20.8. The molecule has 0 atom stereocenters. The molecular weight excluding hydrogens is 292 g/mol. The number of amides is 1. The van der Waals surface area contributed by atoms with E-state index in [2.05, 4.69) is 20.6 Å². The summed E-state index contributed by atoms with van der Waals surface area (Å²) in [6.45, 7) is 1.14. The average Bonchev–Trinajstić information content (AvgIpc) is 3.44. The van der Waals surface area contributed by atoms with Crippen molar-refractivity contribution in [3.63, 3.8) is 0 Å². The van der Waals surface area contributed by atoms with Gasteiger partial charge in [0.25, 0.3) is 5.91 Å². The fourth-order valence-electron chi connectivity index (χ4n) is 2.22. The van der Waals surface area contributed by atoms with Crippen LogP contribution in [0.1, 0.15) is 34.9 Å². The predicted molar refractivity (Wildman–Crippen MR) is 87.8 cm³/mol. The maximum atomic E-state index is 12.0. The van der Waals surface area contributed by atoms with Crippen LogP contribution in [-0.4, -0.2) is 36.1 Å². The first-order valence-electron chi connectivity index (χ1n) is 7.75. The number of nitrogens with one attached hydrogen (secondary N) is 2. The number of aromatic nitrogens is 2. The van der Waals surface area contributed by atoms with Gasteiger partial charge in [0.2, 0.25) is 0 Å². The molecule has 1 aromatic heterocycles. The van der Waals surface area contributed by atoms with Crippen LogP contribution in [0.2, 0.25) is 0 Å². The van der Waals surface area contributed by atoms with Crippen molar-refractivity contribution in [1.82, 2.24) is 15.3 Å². The van der Waals surface area contributed by atoms with Gasteiger partial charge in [-0.2, -0.15) is 0 Å². The molecule has 23 heavy (non-hydrogen) atoms. The van der Waals surface area contributed by atoms with Gasteiger partial charge in [0.15, 0.2) is 0 Å². The smallest absolute Gasteiger partial charge is 0.251 e. The van der Waals surface area contributed by atoms with Crippen molar-refractivity contribution < 1.29 is 9.53 Å². The fourth-order valence-corrected chi connectivity index (χ4v) is 2.22. The molecule has 6 nitrogen and oxygen atoms in total. The molecule has 0 saturated heterocycles. The third kappa shape index (κ3) is 4.18. The van der Waals surface area contributed by atoms with Crippen LogP contribution in [0.25, 0.3) is 0 Å². The van der Waals surface area contributed by atoms with E-state index in [-0.39, 0.29) is 5.91 Å². The second-order valence-corrected chi connectivity index (χ2v) is 5.49. The summed E-state index contributed by atoms with van der Waals surface area (Å²) < 4.78 is 5.07. The molecule has 1 saturated carbocycles. The number of carbonyl (C=O) groups is 1. The Balaban J connectivity index is 1.43. The molecule has 1 aliphatic carbocycles. The van der Waals surface area contributed by atoms with Gasteiger partial charge in [0, 0.05) is 30.8 Å². The minimum absolute atomic E-state index is 0.101. The van der Waals surface area contributed by atoms with Crippen LogP contribution < -0.4 is 15.4 Å². The largest absolute Gasteiger partial charge is 0.497 e. The second-order valence-electron chi connectivity index (χ2n) is 5.49. The lowest BCUT2D eigenvalue weighted by Crippen LogP contribution is -2.28. The van der Waals surface area contributed by atoms with E-state index in [4.69, 9.17) is 4.74 Å². The molecule has 120 valence electrons. The third-order valence-electron chi connectivity index (χ3n) is 3.69. The molecule has 1 amide bonds. The van der Waals surface area contributed by atoms with Crippen molar-refractivity contribution in [3.05, 3.63) is 47.9 Å². The van der Waals surface area contributed by atoms with E-state index in [1.165, 1.54) is 12.8 Å². The summed E-state index contributed by atoms with van der Waals surface area (Å²) in [6.07, 6.45) is 4.14. The molecule has 0 radical (unpaired) electrons. The first-order chi connectivity index (χ1) is 11.3. The highest BCUT2D eigenvalue weighted by Gasteiger charge is 2.26. The van der Waals surface area contributed by atoms with Crippen molar-refractivity contribution >= 4 is 11.7 Å². The van der Waals surface area contributed by atoms with E-state index in [9.17, 15) is 4.79 Å². The van der Waals surface area contributed by atoms with Crippen molar-refractivity contribution in [2.45, 2.75) is 18.8 Å². The monoisotopic (exact) mass is 312 g/mol. The molecule has 1 aliphatic rings. The van der Waals surface area contributed by atoms with E-state index < -0.39 is 0 Å². The maximum absolute atomic E-state index is 12.0. The molecule has 1 heterocycles. The molecular formula is C17H20N4O2. The average molecular weight is 312 g/mol. The Bertz CT molecular complexity index is 669. The van der Waals surface area contributed by atoms with Crippen molar-refractivity contribution in [1.29, 1.82) is 0 Å². The Labute approximate surface area is 135 Å². The fraction of sp³-hybridized carbons (Fsp3) is 0.353. The normalized spacial score (nSPS) is 13.4. The van der Waals surface area contributed by atoms with Crippen LogP contribution in [0.3, 0.4) is 0 Å². The first-order valence-corrected chi connectivity index (χ1v) is 7.75. The van der Waals surface area contributed by atoms with Gasteiger partial charge in [-0.1, -0.05) is 0 Å². The molecule has 0 spiro atoms. The third-order valence-corrected chi connectivity index (χ3v) is 3.69. The van der Waals surface area contributed by atoms with Gasteiger partial charge in [-0.3, -0.25) is 4.79 Å². The number of hydrogen-bond acceptors (Lipinski definition) is 5. The zero-order valence-corrected chi connectivity index (χ0v) is 13.1. The van der Waals surface area contributed by atoms with Gasteiger partial charge in [-0.15, -0.1) is 0 Å². The van der Waals surface area contributed by atoms with E-state index in [1.807, 2.05) is 6.07 Å². The molecule has 0 bridgehead atoms. The minimum atomic E-state index is -0.101. The molecule has 0 unspecified atom stereocenters. The number of methoxy groups -OCH3 is 1. The number of hydrogen-bond donors (Lipinski definition) is 2. The van der Waals surface area contributed by atoms with E-state index in [0.29, 0.717) is 24.6 Å². The highest BCUT2D eigenvalue weighted by atomic mass is 16.5. The second kappa shape index (κ2) is 7.09. The molecule has 6 heteroatoms. The Morgan fingerprint density at radius 3 is 2.70 bits per heavy atom. The number of carbonyl (C=O) groups excluding carboxylic acids is 1. The van der Waals surface area contributed by atoms with Crippen molar-refractivity contribution in [2.75, 3.05) is 25.5 Å². The number of benzene rings is 1. The molecule has 2 N–H and O–H groups in total. The molecule has 2 aromatic rings. The Kier molecular flexibility index (Phi) is 4.71. The molecule has 1 aromatic carbocycles. The molecule has 3 rings (SSSR count). The van der Waals surface area contributed by atoms with E-state index in [1.54, 1.807) is 37.6 Å². The molecule has 0 aliphatic heterocycles. The summed E-state index contributed by atoms with van der Waals surface area (Å²) in [5, 5.41) is 6.08. The first kappa shape index (κ1) is 15.3. The SMILES string of the molecule is COc1ccc(C(=O)NCCNc2ccnc(C3CC3)n2)cc1. The summed E-state index contributed by atoms with van der Waals surface area (Å²) >= 11 is 0. The summed E-state index contributed by atoms with van der Waals surface area (Å²) in [6, 6.07) is 8.87. The lowest BCUT2D eigenvalue weighted by molar-refractivity contribution is 0.0955. The topological polar surface area (TPSA) is 76.1 Å². The van der Waals surface area contributed by atoms with Gasteiger partial charge in [-0.25, -0.2) is 9.97 Å². The zero-order valence-electron chi connectivity index (χ0n) is 13.1. The molecule has 1 fully saturated rings. The summed E-state index contributed by atoms with van der Waals surface area (Å²) in [5.41, 5.74) is 0.615. The summed E-state index contributed by atoms with van der Waals surface area (Å²) in [5.74, 6) is 2.89. The summed E-state index contributed by atoms with van der Waals surface area (Å²) in [7, 11) is 1.60. The Morgan fingerprint density at radius 1 is 1.22 bits per heavy atom. The number of ether oxygens (including phenoxy) is 1. The zero-order chi connectivity index (χ0) is 16.1. The van der Waals surface area contributed by atoms with Crippen LogP contribution in [0.5, 0.6) is 5.75 Å². The highest BCUT2D eigenvalue weighted by molar-refractivity contribution is 5.94. The minimum Gasteiger partial charge on any atom is -0.497 e. The van der Waals surface area contributed by atoms with Crippen LogP contribution in [0, 0.1) is 0 Å². The van der Waals surface area contributed by atoms with Crippen LogP contribution in [0.15, 0.2) is 36.5 Å². The highest BCUT2D eigenvalue weighted by Crippen LogP contribution is 2.37. The lowest BCUT2D eigenvalue weighted by Gasteiger charge is -2.08. The van der Waals surface area contributed by atoms with Crippen LogP contribution >= 0.6 is 0 Å². The van der Waals surface area contributed by atoms with Crippen LogP contribution in [-0.2, 0) is 0 Å². The number of nitrogens with zero attached hydrogens (tertiary/aromatic N) is 2. The van der Waals surface area contributed by atoms with Crippen LogP contribution in [0.4, 0.5) is 5.82 Å². The van der Waals surface area contributed by atoms with E-state index in [0.717, 1.165) is 17.4 Å². The van der Waals surface area contributed by atoms with Gasteiger partial charge in [-0.05, 0) is 43.2 Å². The van der Waals surface area contributed by atoms with Gasteiger partial charge < -0.3 is 15.4 Å². The standard InChI is InChI=1S/C17H20N4O2/c1-23-14-6-4-13(5-7-14)17(22)20-11-10-18-15-8-9-19-16(21-15)12-2-3-12/h4-9,12H,2-3,10-11H2,1H3,(H,20,22)(H,18,19,21). The number of anilines is 1. The van der Waals surface area contributed by atoms with Gasteiger partial charge in [0.05, 0.1) is 7.11 Å². The van der Waals surface area contributed by atoms with Gasteiger partial charge >= 0.3 is 0 Å². The Morgan fingerprint density at radius 2 is 2.00 bits per heavy atom. The van der Waals surface area contributed by atoms with E-state index >= 15 is 0 Å². The lowest BCUT2D eigenvalue weighted by atomic mass is 10.2. The van der Waals surface area contributed by atoms with Gasteiger partial charge in [0.1, 0.15) is 17.4 Å². The van der Waals surface area contributed by atoms with Crippen molar-refractivity contribution in [2.24, 2.45) is 0 Å². The Hall–Kier alpha value is -2.63. The quantitative estimate of drug-likeness (QED) is 0.767. The predicted octanol–water partition coefficient (Wildman–Crippen LogP) is 2.20. The number of rotatable bonds is 7.